The van der Waals surface area contributed by atoms with Crippen LogP contribution in [-0.4, -0.2) is 41.3 Å². The zero-order valence-corrected chi connectivity index (χ0v) is 14.9. The summed E-state index contributed by atoms with van der Waals surface area (Å²) in [5, 5.41) is 0. The Hall–Kier alpha value is -1.30. The number of carbonyl (C=O) groups excluding carboxylic acids is 1. The van der Waals surface area contributed by atoms with Gasteiger partial charge in [0.1, 0.15) is 10.2 Å². The molecule has 0 N–H and O–H groups in total. The number of pyridine rings is 1. The lowest BCUT2D eigenvalue weighted by Gasteiger charge is -2.33. The number of amides is 1. The summed E-state index contributed by atoms with van der Waals surface area (Å²) in [6.45, 7) is 7.72. The zero-order valence-electron chi connectivity index (χ0n) is 13.3. The van der Waals surface area contributed by atoms with Gasteiger partial charge in [-0.3, -0.25) is 0 Å². The van der Waals surface area contributed by atoms with E-state index in [9.17, 15) is 4.79 Å². The Labute approximate surface area is 140 Å². The van der Waals surface area contributed by atoms with Gasteiger partial charge in [-0.25, -0.2) is 9.78 Å². The minimum Gasteiger partial charge on any atom is -0.477 e. The van der Waals surface area contributed by atoms with Gasteiger partial charge in [0.25, 0.3) is 0 Å². The number of ether oxygens (including phenoxy) is 2. The van der Waals surface area contributed by atoms with Crippen LogP contribution in [0, 0.1) is 5.92 Å². The second-order valence-corrected chi connectivity index (χ2v) is 7.33. The van der Waals surface area contributed by atoms with Gasteiger partial charge in [0.15, 0.2) is 0 Å². The molecule has 5 nitrogen and oxygen atoms in total. The second kappa shape index (κ2) is 7.31. The van der Waals surface area contributed by atoms with Gasteiger partial charge in [0.2, 0.25) is 5.88 Å². The van der Waals surface area contributed by atoms with Crippen LogP contribution in [0.2, 0.25) is 0 Å². The first kappa shape index (κ1) is 17.1. The van der Waals surface area contributed by atoms with Crippen molar-refractivity contribution in [3.05, 3.63) is 22.8 Å². The van der Waals surface area contributed by atoms with Gasteiger partial charge >= 0.3 is 6.09 Å². The second-order valence-electron chi connectivity index (χ2n) is 6.52. The topological polar surface area (TPSA) is 51.7 Å². The van der Waals surface area contributed by atoms with Gasteiger partial charge < -0.3 is 14.4 Å². The standard InChI is InChI=1S/C16H23BrN2O3/c1-16(2,3)22-15(20)19-9-7-12(8-10-19)11-21-14-6-4-5-13(17)18-14/h4-6,12H,7-11H2,1-3H3. The fraction of sp³-hybridized carbons (Fsp3) is 0.625. The molecule has 0 spiro atoms. The molecule has 22 heavy (non-hydrogen) atoms. The third-order valence-electron chi connectivity index (χ3n) is 3.42. The van der Waals surface area contributed by atoms with Crippen LogP contribution in [0.15, 0.2) is 22.8 Å². The van der Waals surface area contributed by atoms with Crippen LogP contribution in [0.3, 0.4) is 0 Å². The van der Waals surface area contributed by atoms with Crippen LogP contribution >= 0.6 is 15.9 Å². The highest BCUT2D eigenvalue weighted by Crippen LogP contribution is 2.21. The number of aromatic nitrogens is 1. The fourth-order valence-electron chi connectivity index (χ4n) is 2.28. The zero-order chi connectivity index (χ0) is 16.2. The monoisotopic (exact) mass is 370 g/mol. The highest BCUT2D eigenvalue weighted by atomic mass is 79.9. The third-order valence-corrected chi connectivity index (χ3v) is 3.86. The van der Waals surface area contributed by atoms with Gasteiger partial charge in [-0.15, -0.1) is 0 Å². The molecule has 0 unspecified atom stereocenters. The van der Waals surface area contributed by atoms with Crippen molar-refractivity contribution >= 4 is 22.0 Å². The summed E-state index contributed by atoms with van der Waals surface area (Å²) >= 11 is 3.33. The van der Waals surface area contributed by atoms with E-state index in [1.165, 1.54) is 0 Å². The number of carbonyl (C=O) groups is 1. The molecule has 1 aromatic rings. The van der Waals surface area contributed by atoms with Crippen LogP contribution < -0.4 is 4.74 Å². The van der Waals surface area contributed by atoms with E-state index < -0.39 is 5.60 Å². The molecule has 2 heterocycles. The van der Waals surface area contributed by atoms with Gasteiger partial charge in [-0.2, -0.15) is 0 Å². The first-order chi connectivity index (χ1) is 10.3. The number of hydrogen-bond donors (Lipinski definition) is 0. The Morgan fingerprint density at radius 3 is 2.64 bits per heavy atom. The van der Waals surface area contributed by atoms with Crippen LogP contribution in [-0.2, 0) is 4.74 Å². The molecule has 0 saturated carbocycles. The lowest BCUT2D eigenvalue weighted by molar-refractivity contribution is 0.0164. The predicted octanol–water partition coefficient (Wildman–Crippen LogP) is 3.87. The summed E-state index contributed by atoms with van der Waals surface area (Å²) in [6, 6.07) is 5.62. The summed E-state index contributed by atoms with van der Waals surface area (Å²) in [6.07, 6.45) is 1.63. The highest BCUT2D eigenvalue weighted by Gasteiger charge is 2.27. The van der Waals surface area contributed by atoms with Crippen molar-refractivity contribution in [2.75, 3.05) is 19.7 Å². The van der Waals surface area contributed by atoms with E-state index in [-0.39, 0.29) is 6.09 Å². The lowest BCUT2D eigenvalue weighted by Crippen LogP contribution is -2.42. The lowest BCUT2D eigenvalue weighted by atomic mass is 9.98. The van der Waals surface area contributed by atoms with Crippen molar-refractivity contribution in [2.45, 2.75) is 39.2 Å². The minimum atomic E-state index is -0.441. The molecule has 0 bridgehead atoms. The van der Waals surface area contributed by atoms with Crippen LogP contribution in [0.25, 0.3) is 0 Å². The van der Waals surface area contributed by atoms with E-state index in [0.29, 0.717) is 18.4 Å². The quantitative estimate of drug-likeness (QED) is 0.757. The van der Waals surface area contributed by atoms with Gasteiger partial charge in [0.05, 0.1) is 6.61 Å². The average Bonchev–Trinajstić information content (AvgIpc) is 2.44. The maximum atomic E-state index is 12.0. The summed E-state index contributed by atoms with van der Waals surface area (Å²) < 4.78 is 11.9. The van der Waals surface area contributed by atoms with Crippen molar-refractivity contribution in [1.82, 2.24) is 9.88 Å². The summed E-state index contributed by atoms with van der Waals surface area (Å²) in [5.74, 6) is 1.07. The molecule has 1 amide bonds. The largest absolute Gasteiger partial charge is 0.477 e. The number of piperidine rings is 1. The first-order valence-corrected chi connectivity index (χ1v) is 8.36. The van der Waals surface area contributed by atoms with Crippen molar-refractivity contribution in [3.8, 4) is 5.88 Å². The number of halogens is 1. The molecule has 1 aliphatic rings. The van der Waals surface area contributed by atoms with Crippen LogP contribution in [0.1, 0.15) is 33.6 Å². The van der Waals surface area contributed by atoms with Crippen LogP contribution in [0.4, 0.5) is 4.79 Å². The molecule has 0 aromatic carbocycles. The summed E-state index contributed by atoms with van der Waals surface area (Å²) in [7, 11) is 0. The highest BCUT2D eigenvalue weighted by molar-refractivity contribution is 9.10. The van der Waals surface area contributed by atoms with E-state index >= 15 is 0 Å². The molecule has 0 radical (unpaired) electrons. The molecule has 6 heteroatoms. The molecule has 0 atom stereocenters. The molecular formula is C16H23BrN2O3. The smallest absolute Gasteiger partial charge is 0.410 e. The Kier molecular flexibility index (Phi) is 5.67. The van der Waals surface area contributed by atoms with Crippen molar-refractivity contribution in [3.63, 3.8) is 0 Å². The third kappa shape index (κ3) is 5.48. The Morgan fingerprint density at radius 2 is 2.05 bits per heavy atom. The summed E-state index contributed by atoms with van der Waals surface area (Å²) in [4.78, 5) is 18.0. The molecule has 1 aromatic heterocycles. The van der Waals surface area contributed by atoms with E-state index in [0.717, 1.165) is 30.5 Å². The molecule has 1 fully saturated rings. The van der Waals surface area contributed by atoms with Crippen LogP contribution in [0.5, 0.6) is 5.88 Å². The Bertz CT molecular complexity index is 508. The number of likely N-dealkylation sites (tertiary alicyclic amines) is 1. The average molecular weight is 371 g/mol. The molecular weight excluding hydrogens is 348 g/mol. The SMILES string of the molecule is CC(C)(C)OC(=O)N1CCC(COc2cccc(Br)n2)CC1. The molecule has 0 aliphatic carbocycles. The van der Waals surface area contributed by atoms with Crippen molar-refractivity contribution < 1.29 is 14.3 Å². The molecule has 1 saturated heterocycles. The van der Waals surface area contributed by atoms with E-state index in [1.54, 1.807) is 4.90 Å². The minimum absolute atomic E-state index is 0.222. The van der Waals surface area contributed by atoms with Gasteiger partial charge in [0, 0.05) is 19.2 Å². The molecule has 2 rings (SSSR count). The maximum absolute atomic E-state index is 12.0. The Balaban J connectivity index is 1.74. The Morgan fingerprint density at radius 1 is 1.36 bits per heavy atom. The number of hydrogen-bond acceptors (Lipinski definition) is 4. The van der Waals surface area contributed by atoms with Gasteiger partial charge in [-0.05, 0) is 61.5 Å². The summed E-state index contributed by atoms with van der Waals surface area (Å²) in [5.41, 5.74) is -0.441. The van der Waals surface area contributed by atoms with Crippen molar-refractivity contribution in [2.24, 2.45) is 5.92 Å². The fourth-order valence-corrected chi connectivity index (χ4v) is 2.61. The van der Waals surface area contributed by atoms with Crippen molar-refractivity contribution in [1.29, 1.82) is 0 Å². The number of rotatable bonds is 3. The first-order valence-electron chi connectivity index (χ1n) is 7.57. The van der Waals surface area contributed by atoms with Gasteiger partial charge in [-0.1, -0.05) is 6.07 Å². The number of nitrogens with zero attached hydrogens (tertiary/aromatic N) is 2. The molecule has 122 valence electrons. The van der Waals surface area contributed by atoms with E-state index in [4.69, 9.17) is 9.47 Å². The van der Waals surface area contributed by atoms with E-state index in [2.05, 4.69) is 20.9 Å². The van der Waals surface area contributed by atoms with E-state index in [1.807, 2.05) is 39.0 Å². The normalized spacial score (nSPS) is 16.5. The maximum Gasteiger partial charge on any atom is 0.410 e. The predicted molar refractivity (Wildman–Crippen MR) is 88.0 cm³/mol. The molecule has 1 aliphatic heterocycles.